The summed E-state index contributed by atoms with van der Waals surface area (Å²) in [5, 5.41) is 14.8. The highest BCUT2D eigenvalue weighted by molar-refractivity contribution is 7.07. The van der Waals surface area contributed by atoms with Crippen LogP contribution in [0.1, 0.15) is 35.2 Å². The number of aryl methyl sites for hydroxylation is 1. The van der Waals surface area contributed by atoms with E-state index in [4.69, 9.17) is 9.47 Å². The molecule has 0 bridgehead atoms. The summed E-state index contributed by atoms with van der Waals surface area (Å²) in [6, 6.07) is 8.99. The Morgan fingerprint density at radius 2 is 1.93 bits per heavy atom. The summed E-state index contributed by atoms with van der Waals surface area (Å²) >= 11 is 1.65. The summed E-state index contributed by atoms with van der Waals surface area (Å²) in [5.74, 6) is 0.735. The number of hydrogen-bond donors (Lipinski definition) is 1. The van der Waals surface area contributed by atoms with Crippen molar-refractivity contribution in [3.8, 4) is 5.75 Å². The zero-order chi connectivity index (χ0) is 21.1. The maximum Gasteiger partial charge on any atom is 0.341 e. The summed E-state index contributed by atoms with van der Waals surface area (Å²) in [7, 11) is 1.33. The van der Waals surface area contributed by atoms with Crippen molar-refractivity contribution < 1.29 is 24.2 Å². The number of para-hydroxylation sites is 1. The topological polar surface area (TPSA) is 76.1 Å². The summed E-state index contributed by atoms with van der Waals surface area (Å²) in [4.78, 5) is 26.6. The molecular weight excluding hydrogens is 402 g/mol. The second-order valence-corrected chi connectivity index (χ2v) is 8.91. The minimum Gasteiger partial charge on any atom is -0.487 e. The van der Waals surface area contributed by atoms with E-state index < -0.39 is 18.2 Å². The average molecular weight is 430 g/mol. The number of amides is 1. The molecule has 2 aromatic rings. The van der Waals surface area contributed by atoms with Crippen LogP contribution in [0.3, 0.4) is 0 Å². The number of hydrogen-bond acceptors (Lipinski definition) is 6. The molecule has 0 spiro atoms. The van der Waals surface area contributed by atoms with Gasteiger partial charge < -0.3 is 19.5 Å². The van der Waals surface area contributed by atoms with E-state index in [0.29, 0.717) is 55.5 Å². The first-order valence-corrected chi connectivity index (χ1v) is 11.3. The van der Waals surface area contributed by atoms with Crippen molar-refractivity contribution in [2.45, 2.75) is 37.9 Å². The lowest BCUT2D eigenvalue weighted by molar-refractivity contribution is -0.130. The van der Waals surface area contributed by atoms with E-state index >= 15 is 0 Å². The zero-order valence-corrected chi connectivity index (χ0v) is 17.8. The van der Waals surface area contributed by atoms with Crippen molar-refractivity contribution in [1.29, 1.82) is 0 Å². The lowest BCUT2D eigenvalue weighted by atomic mass is 9.78. The molecule has 160 valence electrons. The van der Waals surface area contributed by atoms with Crippen LogP contribution in [0.25, 0.3) is 0 Å². The molecule has 1 aromatic heterocycles. The molecule has 1 N–H and O–H groups in total. The highest BCUT2D eigenvalue weighted by Gasteiger charge is 2.44. The molecule has 1 amide bonds. The van der Waals surface area contributed by atoms with Gasteiger partial charge in [-0.05, 0) is 65.6 Å². The Hall–Kier alpha value is -2.38. The van der Waals surface area contributed by atoms with E-state index in [1.165, 1.54) is 12.7 Å². The first-order valence-electron chi connectivity index (χ1n) is 10.4. The van der Waals surface area contributed by atoms with Crippen LogP contribution in [0.5, 0.6) is 5.75 Å². The number of thiophene rings is 1. The first kappa shape index (κ1) is 20.9. The molecule has 2 heterocycles. The molecule has 6 nitrogen and oxygen atoms in total. The number of nitrogens with zero attached hydrogens (tertiary/aromatic N) is 1. The Labute approximate surface area is 180 Å². The monoisotopic (exact) mass is 429 g/mol. The summed E-state index contributed by atoms with van der Waals surface area (Å²) in [6.45, 7) is 1.41. The normalized spacial score (nSPS) is 25.6. The number of fused-ring (bicyclic) bond motifs is 1. The van der Waals surface area contributed by atoms with E-state index in [1.807, 2.05) is 10.3 Å². The molecule has 30 heavy (non-hydrogen) atoms. The summed E-state index contributed by atoms with van der Waals surface area (Å²) in [5.41, 5.74) is 1.56. The van der Waals surface area contributed by atoms with Crippen molar-refractivity contribution >= 4 is 23.2 Å². The predicted octanol–water partition coefficient (Wildman–Crippen LogP) is 3.14. The van der Waals surface area contributed by atoms with Gasteiger partial charge in [-0.3, -0.25) is 4.79 Å². The number of methoxy groups -OCH3 is 1. The number of rotatable bonds is 6. The highest BCUT2D eigenvalue weighted by Crippen LogP contribution is 2.38. The number of esters is 1. The van der Waals surface area contributed by atoms with Crippen LogP contribution in [0, 0.1) is 11.8 Å². The number of likely N-dealkylation sites (tertiary alicyclic amines) is 1. The summed E-state index contributed by atoms with van der Waals surface area (Å²) < 4.78 is 10.9. The Kier molecular flexibility index (Phi) is 6.39. The maximum absolute atomic E-state index is 12.7. The third-order valence-electron chi connectivity index (χ3n) is 6.22. The second-order valence-electron chi connectivity index (χ2n) is 8.13. The van der Waals surface area contributed by atoms with Gasteiger partial charge in [-0.1, -0.05) is 12.1 Å². The number of ether oxygens (including phenoxy) is 2. The predicted molar refractivity (Wildman–Crippen MR) is 114 cm³/mol. The van der Waals surface area contributed by atoms with E-state index in [9.17, 15) is 14.7 Å². The lowest BCUT2D eigenvalue weighted by Gasteiger charge is -2.35. The Morgan fingerprint density at radius 1 is 1.17 bits per heavy atom. The Bertz CT molecular complexity index is 883. The van der Waals surface area contributed by atoms with Gasteiger partial charge in [-0.15, -0.1) is 0 Å². The number of aliphatic hydroxyl groups is 1. The third kappa shape index (κ3) is 4.52. The van der Waals surface area contributed by atoms with Gasteiger partial charge in [0.25, 0.3) is 0 Å². The molecule has 1 saturated carbocycles. The van der Waals surface area contributed by atoms with Crippen LogP contribution in [0.2, 0.25) is 0 Å². The molecular formula is C23H27NO5S. The molecule has 1 saturated heterocycles. The van der Waals surface area contributed by atoms with Crippen molar-refractivity contribution in [3.05, 3.63) is 52.2 Å². The molecule has 4 atom stereocenters. The van der Waals surface area contributed by atoms with Gasteiger partial charge in [-0.25, -0.2) is 4.79 Å². The van der Waals surface area contributed by atoms with Gasteiger partial charge in [0.15, 0.2) is 0 Å². The van der Waals surface area contributed by atoms with Crippen LogP contribution < -0.4 is 4.74 Å². The fourth-order valence-corrected chi connectivity index (χ4v) is 5.28. The van der Waals surface area contributed by atoms with Crippen molar-refractivity contribution in [2.24, 2.45) is 11.8 Å². The molecule has 1 aliphatic heterocycles. The molecule has 7 heteroatoms. The molecule has 1 aromatic carbocycles. The van der Waals surface area contributed by atoms with E-state index in [-0.39, 0.29) is 5.91 Å². The standard InChI is InChI=1S/C23H27NO5S/c1-28-23(27)18-4-2-3-5-20(18)29-21-11-17-13-24(12-16(17)10-19(21)25)22(26)7-6-15-8-9-30-14-15/h2-5,8-9,14,16-17,19,21,25H,6-7,10-13H2,1H3/t16-,17+,19+,21+/m0/s1. The van der Waals surface area contributed by atoms with Gasteiger partial charge >= 0.3 is 5.97 Å². The van der Waals surface area contributed by atoms with Crippen molar-refractivity contribution in [2.75, 3.05) is 20.2 Å². The average Bonchev–Trinajstić information content (AvgIpc) is 3.42. The number of carbonyl (C=O) groups is 2. The van der Waals surface area contributed by atoms with Gasteiger partial charge in [-0.2, -0.15) is 11.3 Å². The highest BCUT2D eigenvalue weighted by atomic mass is 32.1. The fourth-order valence-electron chi connectivity index (χ4n) is 4.58. The van der Waals surface area contributed by atoms with Gasteiger partial charge in [0.05, 0.1) is 13.2 Å². The Balaban J connectivity index is 1.37. The van der Waals surface area contributed by atoms with Gasteiger partial charge in [0.2, 0.25) is 5.91 Å². The summed E-state index contributed by atoms with van der Waals surface area (Å²) in [6.07, 6.45) is 1.52. The SMILES string of the molecule is COC(=O)c1ccccc1O[C@@H]1C[C@@H]2CN(C(=O)CCc3ccsc3)C[C@@H]2C[C@H]1O. The van der Waals surface area contributed by atoms with Gasteiger partial charge in [0.1, 0.15) is 17.4 Å². The third-order valence-corrected chi connectivity index (χ3v) is 6.95. The van der Waals surface area contributed by atoms with Crippen LogP contribution in [0.15, 0.2) is 41.1 Å². The Morgan fingerprint density at radius 3 is 2.67 bits per heavy atom. The van der Waals surface area contributed by atoms with E-state index in [2.05, 4.69) is 11.4 Å². The minimum absolute atomic E-state index is 0.179. The smallest absolute Gasteiger partial charge is 0.341 e. The van der Waals surface area contributed by atoms with Crippen LogP contribution in [-0.4, -0.2) is 54.3 Å². The number of aliphatic hydroxyl groups excluding tert-OH is 1. The van der Waals surface area contributed by atoms with Crippen LogP contribution in [-0.2, 0) is 16.0 Å². The quantitative estimate of drug-likeness (QED) is 0.714. The van der Waals surface area contributed by atoms with E-state index in [0.717, 1.165) is 6.42 Å². The van der Waals surface area contributed by atoms with Crippen LogP contribution >= 0.6 is 11.3 Å². The fraction of sp³-hybridized carbons (Fsp3) is 0.478. The minimum atomic E-state index is -0.627. The van der Waals surface area contributed by atoms with Crippen molar-refractivity contribution in [3.63, 3.8) is 0 Å². The van der Waals surface area contributed by atoms with Crippen molar-refractivity contribution in [1.82, 2.24) is 4.90 Å². The molecule has 0 unspecified atom stereocenters. The largest absolute Gasteiger partial charge is 0.487 e. The zero-order valence-electron chi connectivity index (χ0n) is 17.0. The first-order chi connectivity index (χ1) is 14.5. The number of carbonyl (C=O) groups excluding carboxylic acids is 2. The van der Waals surface area contributed by atoms with Gasteiger partial charge in [0, 0.05) is 19.5 Å². The molecule has 2 fully saturated rings. The van der Waals surface area contributed by atoms with Crippen LogP contribution in [0.4, 0.5) is 0 Å². The molecule has 1 aliphatic carbocycles. The lowest BCUT2D eigenvalue weighted by Crippen LogP contribution is -2.42. The number of benzene rings is 1. The molecule has 4 rings (SSSR count). The van der Waals surface area contributed by atoms with E-state index in [1.54, 1.807) is 35.6 Å². The molecule has 2 aliphatic rings. The molecule has 0 radical (unpaired) electrons. The second kappa shape index (κ2) is 9.18. The maximum atomic E-state index is 12.7.